The number of hydrogen-bond acceptors (Lipinski definition) is 4. The Morgan fingerprint density at radius 3 is 2.52 bits per heavy atom. The third-order valence-corrected chi connectivity index (χ3v) is 5.17. The van der Waals surface area contributed by atoms with Gasteiger partial charge >= 0.3 is 0 Å². The van der Waals surface area contributed by atoms with Crippen molar-refractivity contribution in [2.24, 2.45) is 0 Å². The minimum atomic E-state index is 0.627. The molecule has 2 heterocycles. The van der Waals surface area contributed by atoms with E-state index in [9.17, 15) is 0 Å². The third-order valence-electron chi connectivity index (χ3n) is 5.17. The van der Waals surface area contributed by atoms with Crippen molar-refractivity contribution in [3.8, 4) is 5.75 Å². The van der Waals surface area contributed by atoms with Crippen LogP contribution in [0.4, 0.5) is 0 Å². The van der Waals surface area contributed by atoms with Gasteiger partial charge in [0.15, 0.2) is 0 Å². The predicted octanol–water partition coefficient (Wildman–Crippen LogP) is 3.56. The molecule has 0 N–H and O–H groups in total. The molecule has 3 aromatic rings. The van der Waals surface area contributed by atoms with E-state index in [-0.39, 0.29) is 0 Å². The maximum atomic E-state index is 6.15. The van der Waals surface area contributed by atoms with Gasteiger partial charge in [0.25, 0.3) is 0 Å². The molecule has 0 saturated carbocycles. The molecule has 0 amide bonds. The lowest BCUT2D eigenvalue weighted by Gasteiger charge is -2.26. The molecule has 0 spiro atoms. The van der Waals surface area contributed by atoms with Crippen LogP contribution < -0.4 is 4.74 Å². The van der Waals surface area contributed by atoms with Crippen molar-refractivity contribution in [3.05, 3.63) is 59.4 Å². The lowest BCUT2D eigenvalue weighted by atomic mass is 10.1. The molecule has 2 aromatic carbocycles. The average Bonchev–Trinajstić information content (AvgIpc) is 3.02. The van der Waals surface area contributed by atoms with Crippen LogP contribution in [0.5, 0.6) is 5.75 Å². The summed E-state index contributed by atoms with van der Waals surface area (Å²) in [6.07, 6.45) is 0. The van der Waals surface area contributed by atoms with E-state index >= 15 is 0 Å². The maximum Gasteiger partial charge on any atom is 0.125 e. The molecule has 0 aliphatic carbocycles. The zero-order valence-corrected chi connectivity index (χ0v) is 16.1. The minimum absolute atomic E-state index is 0.627. The smallest absolute Gasteiger partial charge is 0.125 e. The summed E-state index contributed by atoms with van der Waals surface area (Å²) in [6, 6.07) is 14.6. The Labute approximate surface area is 160 Å². The summed E-state index contributed by atoms with van der Waals surface area (Å²) in [5, 5.41) is 0. The molecule has 1 saturated heterocycles. The highest BCUT2D eigenvalue weighted by Gasteiger charge is 2.16. The van der Waals surface area contributed by atoms with Crippen LogP contribution in [-0.4, -0.2) is 47.4 Å². The topological polar surface area (TPSA) is 39.5 Å². The van der Waals surface area contributed by atoms with E-state index in [0.29, 0.717) is 6.61 Å². The Hall–Kier alpha value is -2.37. The summed E-state index contributed by atoms with van der Waals surface area (Å²) < 4.78 is 13.9. The van der Waals surface area contributed by atoms with Gasteiger partial charge in [-0.3, -0.25) is 4.90 Å². The molecule has 0 bridgehead atoms. The number of ether oxygens (including phenoxy) is 2. The quantitative estimate of drug-likeness (QED) is 0.670. The van der Waals surface area contributed by atoms with Gasteiger partial charge in [0.05, 0.1) is 37.3 Å². The van der Waals surface area contributed by atoms with Crippen LogP contribution in [0.25, 0.3) is 11.0 Å². The lowest BCUT2D eigenvalue weighted by Crippen LogP contribution is -2.36. The first-order valence-corrected chi connectivity index (χ1v) is 9.65. The summed E-state index contributed by atoms with van der Waals surface area (Å²) in [4.78, 5) is 7.30. The molecular formula is C22H27N3O2. The van der Waals surface area contributed by atoms with Gasteiger partial charge in [-0.25, -0.2) is 4.98 Å². The molecule has 1 aliphatic rings. The number of benzene rings is 2. The van der Waals surface area contributed by atoms with Crippen molar-refractivity contribution in [1.82, 2.24) is 14.5 Å². The summed E-state index contributed by atoms with van der Waals surface area (Å²) in [5.74, 6) is 2.10. The molecule has 0 atom stereocenters. The molecule has 1 aromatic heterocycles. The molecule has 1 aliphatic heterocycles. The largest absolute Gasteiger partial charge is 0.491 e. The Kier molecular flexibility index (Phi) is 5.41. The van der Waals surface area contributed by atoms with Crippen molar-refractivity contribution in [1.29, 1.82) is 0 Å². The highest BCUT2D eigenvalue weighted by atomic mass is 16.5. The SMILES string of the molecule is Cc1cccc(C)c1OCCn1c(CN2CCOCC2)nc2ccccc21. The highest BCUT2D eigenvalue weighted by molar-refractivity contribution is 5.75. The molecule has 5 nitrogen and oxygen atoms in total. The first-order valence-electron chi connectivity index (χ1n) is 9.65. The zero-order valence-electron chi connectivity index (χ0n) is 16.1. The van der Waals surface area contributed by atoms with E-state index in [1.807, 2.05) is 6.07 Å². The van der Waals surface area contributed by atoms with E-state index in [1.54, 1.807) is 0 Å². The maximum absolute atomic E-state index is 6.15. The fourth-order valence-corrected chi connectivity index (χ4v) is 3.72. The van der Waals surface area contributed by atoms with Gasteiger partial charge in [-0.15, -0.1) is 0 Å². The monoisotopic (exact) mass is 365 g/mol. The molecule has 1 fully saturated rings. The van der Waals surface area contributed by atoms with E-state index in [4.69, 9.17) is 14.5 Å². The van der Waals surface area contributed by atoms with Gasteiger partial charge in [0.1, 0.15) is 18.2 Å². The van der Waals surface area contributed by atoms with Crippen LogP contribution >= 0.6 is 0 Å². The van der Waals surface area contributed by atoms with Gasteiger partial charge in [0.2, 0.25) is 0 Å². The van der Waals surface area contributed by atoms with Gasteiger partial charge in [-0.1, -0.05) is 30.3 Å². The van der Waals surface area contributed by atoms with Crippen molar-refractivity contribution in [3.63, 3.8) is 0 Å². The van der Waals surface area contributed by atoms with E-state index in [0.717, 1.165) is 56.5 Å². The van der Waals surface area contributed by atoms with Gasteiger partial charge in [-0.05, 0) is 37.1 Å². The van der Waals surface area contributed by atoms with E-state index in [1.165, 1.54) is 16.6 Å². The standard InChI is InChI=1S/C22H27N3O2/c1-17-6-5-7-18(2)22(17)27-15-12-25-20-9-4-3-8-19(20)23-21(25)16-24-10-13-26-14-11-24/h3-9H,10-16H2,1-2H3. The van der Waals surface area contributed by atoms with Crippen LogP contribution in [0, 0.1) is 13.8 Å². The van der Waals surface area contributed by atoms with Crippen molar-refractivity contribution < 1.29 is 9.47 Å². The number of imidazole rings is 1. The summed E-state index contributed by atoms with van der Waals surface area (Å²) in [6.45, 7) is 9.98. The Balaban J connectivity index is 1.53. The Bertz CT molecular complexity index is 893. The molecule has 4 rings (SSSR count). The number of nitrogens with zero attached hydrogens (tertiary/aromatic N) is 3. The molecule has 27 heavy (non-hydrogen) atoms. The number of hydrogen-bond donors (Lipinski definition) is 0. The second-order valence-electron chi connectivity index (χ2n) is 7.13. The number of morpholine rings is 1. The second-order valence-corrected chi connectivity index (χ2v) is 7.13. The van der Waals surface area contributed by atoms with Crippen LogP contribution in [-0.2, 0) is 17.8 Å². The lowest BCUT2D eigenvalue weighted by molar-refractivity contribution is 0.0326. The molecule has 0 unspecified atom stereocenters. The first-order chi connectivity index (χ1) is 13.2. The molecule has 142 valence electrons. The Morgan fingerprint density at radius 1 is 1.00 bits per heavy atom. The van der Waals surface area contributed by atoms with Crippen LogP contribution in [0.1, 0.15) is 17.0 Å². The first kappa shape index (κ1) is 18.0. The summed E-state index contributed by atoms with van der Waals surface area (Å²) >= 11 is 0. The zero-order chi connectivity index (χ0) is 18.6. The van der Waals surface area contributed by atoms with Gasteiger partial charge in [0, 0.05) is 13.1 Å². The number of rotatable bonds is 6. The number of aryl methyl sites for hydroxylation is 2. The predicted molar refractivity (Wildman–Crippen MR) is 107 cm³/mol. The average molecular weight is 365 g/mol. The third kappa shape index (κ3) is 3.99. The van der Waals surface area contributed by atoms with E-state index < -0.39 is 0 Å². The van der Waals surface area contributed by atoms with Gasteiger partial charge < -0.3 is 14.0 Å². The number of para-hydroxylation sites is 3. The normalized spacial score (nSPS) is 15.3. The van der Waals surface area contributed by atoms with E-state index in [2.05, 4.69) is 59.7 Å². The fraction of sp³-hybridized carbons (Fsp3) is 0.409. The van der Waals surface area contributed by atoms with Gasteiger partial charge in [-0.2, -0.15) is 0 Å². The van der Waals surface area contributed by atoms with Crippen molar-refractivity contribution in [2.45, 2.75) is 26.9 Å². The molecule has 0 radical (unpaired) electrons. The van der Waals surface area contributed by atoms with Crippen LogP contribution in [0.3, 0.4) is 0 Å². The van der Waals surface area contributed by atoms with Crippen molar-refractivity contribution in [2.75, 3.05) is 32.9 Å². The fourth-order valence-electron chi connectivity index (χ4n) is 3.72. The summed E-state index contributed by atoms with van der Waals surface area (Å²) in [7, 11) is 0. The molecular weight excluding hydrogens is 338 g/mol. The van der Waals surface area contributed by atoms with Crippen LogP contribution in [0.15, 0.2) is 42.5 Å². The highest BCUT2D eigenvalue weighted by Crippen LogP contribution is 2.23. The molecule has 5 heteroatoms. The summed E-state index contributed by atoms with van der Waals surface area (Å²) in [5.41, 5.74) is 4.58. The minimum Gasteiger partial charge on any atom is -0.491 e. The number of fused-ring (bicyclic) bond motifs is 1. The number of aromatic nitrogens is 2. The van der Waals surface area contributed by atoms with Crippen molar-refractivity contribution >= 4 is 11.0 Å². The Morgan fingerprint density at radius 2 is 1.74 bits per heavy atom. The second kappa shape index (κ2) is 8.11. The van der Waals surface area contributed by atoms with Crippen LogP contribution in [0.2, 0.25) is 0 Å².